The summed E-state index contributed by atoms with van der Waals surface area (Å²) in [4.78, 5) is 38.8. The molecule has 0 amide bonds. The Balaban J connectivity index is 1.49. The Kier molecular flexibility index (Phi) is 3.86. The van der Waals surface area contributed by atoms with Crippen LogP contribution in [0.4, 0.5) is 0 Å². The Labute approximate surface area is 164 Å². The Hall–Kier alpha value is -2.01. The van der Waals surface area contributed by atoms with Gasteiger partial charge in [0.1, 0.15) is 11.5 Å². The van der Waals surface area contributed by atoms with E-state index in [2.05, 4.69) is 13.8 Å². The molecule has 1 aromatic rings. The van der Waals surface area contributed by atoms with Gasteiger partial charge in [0.15, 0.2) is 11.6 Å². The number of phenolic OH excluding ortho intramolecular Hbond substituents is 1. The average Bonchev–Trinajstić information content (AvgIpc) is 3.05. The quantitative estimate of drug-likeness (QED) is 0.846. The van der Waals surface area contributed by atoms with Gasteiger partial charge in [0, 0.05) is 24.3 Å². The highest BCUT2D eigenvalue weighted by Crippen LogP contribution is 2.59. The highest BCUT2D eigenvalue weighted by atomic mass is 16.5. The fourth-order valence-corrected chi connectivity index (χ4v) is 6.51. The van der Waals surface area contributed by atoms with Crippen LogP contribution >= 0.6 is 0 Å². The third-order valence-electron chi connectivity index (χ3n) is 8.05. The Bertz CT molecular complexity index is 885. The van der Waals surface area contributed by atoms with Crippen molar-refractivity contribution in [1.82, 2.24) is 0 Å². The number of phenols is 1. The lowest BCUT2D eigenvalue weighted by Gasteiger charge is -2.41. The number of hydrogen-bond donors (Lipinski definition) is 1. The predicted octanol–water partition coefficient (Wildman–Crippen LogP) is 3.58. The molecule has 5 nitrogen and oxygen atoms in total. The molecule has 4 aliphatic carbocycles. The molecule has 0 saturated heterocycles. The van der Waals surface area contributed by atoms with Crippen LogP contribution in [0.2, 0.25) is 0 Å². The van der Waals surface area contributed by atoms with Crippen LogP contribution in [0.15, 0.2) is 18.2 Å². The minimum atomic E-state index is -0.673. The van der Waals surface area contributed by atoms with Gasteiger partial charge in [0.2, 0.25) is 0 Å². The Morgan fingerprint density at radius 3 is 2.50 bits per heavy atom. The topological polar surface area (TPSA) is 80.7 Å². The maximum atomic E-state index is 13.3. The van der Waals surface area contributed by atoms with Crippen LogP contribution in [0.3, 0.4) is 0 Å². The van der Waals surface area contributed by atoms with Crippen LogP contribution in [0, 0.1) is 29.1 Å². The van der Waals surface area contributed by atoms with Gasteiger partial charge in [-0.15, -0.1) is 0 Å². The smallest absolute Gasteiger partial charge is 0.173 e. The van der Waals surface area contributed by atoms with Gasteiger partial charge in [-0.25, -0.2) is 0 Å². The van der Waals surface area contributed by atoms with Crippen molar-refractivity contribution in [2.75, 3.05) is 0 Å². The molecular formula is C23H26O5. The summed E-state index contributed by atoms with van der Waals surface area (Å²) in [5.41, 5.74) is 0.561. The maximum absolute atomic E-state index is 13.3. The summed E-state index contributed by atoms with van der Waals surface area (Å²) in [5, 5.41) is 10.2. The van der Waals surface area contributed by atoms with Crippen molar-refractivity contribution in [1.29, 1.82) is 0 Å². The van der Waals surface area contributed by atoms with Crippen molar-refractivity contribution in [2.24, 2.45) is 29.1 Å². The molecule has 1 N–H and O–H groups in total. The number of rotatable bonds is 2. The second-order valence-corrected chi connectivity index (χ2v) is 9.66. The summed E-state index contributed by atoms with van der Waals surface area (Å²) in [6.07, 6.45) is 3.03. The molecule has 3 saturated carbocycles. The van der Waals surface area contributed by atoms with Crippen molar-refractivity contribution >= 4 is 17.3 Å². The summed E-state index contributed by atoms with van der Waals surface area (Å²) < 4.78 is 6.46. The number of Topliss-reactive ketones (excluding diaryl/α,β-unsaturated/α-hetero) is 3. The number of carbonyl (C=O) groups excluding carboxylic acids is 3. The number of ketones is 3. The molecule has 4 aliphatic rings. The van der Waals surface area contributed by atoms with E-state index >= 15 is 0 Å². The lowest BCUT2D eigenvalue weighted by molar-refractivity contribution is -0.134. The first-order chi connectivity index (χ1) is 13.3. The molecule has 6 atom stereocenters. The van der Waals surface area contributed by atoms with E-state index in [0.717, 1.165) is 12.8 Å². The van der Waals surface area contributed by atoms with Crippen LogP contribution in [-0.4, -0.2) is 34.7 Å². The van der Waals surface area contributed by atoms with Crippen molar-refractivity contribution in [3.8, 4) is 5.75 Å². The first kappa shape index (κ1) is 18.0. The van der Waals surface area contributed by atoms with Gasteiger partial charge >= 0.3 is 0 Å². The summed E-state index contributed by atoms with van der Waals surface area (Å²) in [6.45, 7) is 4.58. The minimum Gasteiger partial charge on any atom is -0.507 e. The molecule has 28 heavy (non-hydrogen) atoms. The summed E-state index contributed by atoms with van der Waals surface area (Å²) in [7, 11) is 0. The van der Waals surface area contributed by atoms with Gasteiger partial charge in [-0.2, -0.15) is 0 Å². The number of hydrogen-bond acceptors (Lipinski definition) is 5. The molecule has 3 fully saturated rings. The van der Waals surface area contributed by atoms with Crippen molar-refractivity contribution in [3.05, 3.63) is 29.3 Å². The monoisotopic (exact) mass is 382 g/mol. The average molecular weight is 382 g/mol. The SMILES string of the molecule is CC1(C)[C@H]2CC[C@H]1[C@@H](O[C@@H]1CC(=O)C[C@@H]3C(=O)c4cccc(O)c4C(=O)[C@@H]31)C2. The third kappa shape index (κ3) is 2.38. The van der Waals surface area contributed by atoms with Crippen LogP contribution in [0.1, 0.15) is 66.7 Å². The normalized spacial score (nSPS) is 38.4. The molecule has 0 heterocycles. The fourth-order valence-electron chi connectivity index (χ4n) is 6.51. The first-order valence-electron chi connectivity index (χ1n) is 10.4. The van der Waals surface area contributed by atoms with Crippen LogP contribution < -0.4 is 0 Å². The molecule has 0 aliphatic heterocycles. The van der Waals surface area contributed by atoms with E-state index in [1.54, 1.807) is 12.1 Å². The number of carbonyl (C=O) groups is 3. The van der Waals surface area contributed by atoms with E-state index < -0.39 is 17.9 Å². The van der Waals surface area contributed by atoms with Gasteiger partial charge < -0.3 is 9.84 Å². The van der Waals surface area contributed by atoms with Crippen molar-refractivity contribution in [2.45, 2.75) is 58.2 Å². The van der Waals surface area contributed by atoms with E-state index in [1.807, 2.05) is 0 Å². The zero-order valence-corrected chi connectivity index (χ0v) is 16.3. The number of ether oxygens (including phenoxy) is 1. The van der Waals surface area contributed by atoms with Crippen molar-refractivity contribution < 1.29 is 24.2 Å². The molecule has 5 heteroatoms. The van der Waals surface area contributed by atoms with E-state index in [1.165, 1.54) is 12.5 Å². The molecule has 2 bridgehead atoms. The molecule has 0 spiro atoms. The second kappa shape index (κ2) is 5.99. The maximum Gasteiger partial charge on any atom is 0.173 e. The predicted molar refractivity (Wildman–Crippen MR) is 101 cm³/mol. The molecule has 1 aromatic carbocycles. The van der Waals surface area contributed by atoms with Crippen molar-refractivity contribution in [3.63, 3.8) is 0 Å². The fraction of sp³-hybridized carbons (Fsp3) is 0.609. The first-order valence-corrected chi connectivity index (χ1v) is 10.4. The van der Waals surface area contributed by atoms with Gasteiger partial charge in [-0.05, 0) is 42.6 Å². The zero-order chi connectivity index (χ0) is 19.8. The standard InChI is InChI=1S/C23H26O5/c1-23(2)11-6-7-15(23)17(8-11)28-18-10-12(24)9-14-20(18)22(27)19-13(21(14)26)4-3-5-16(19)25/h3-5,11,14-15,17-18,20,25H,6-10H2,1-2H3/t11-,14-,15-,17-,18+,20-/m0/s1. The zero-order valence-electron chi connectivity index (χ0n) is 16.3. The van der Waals surface area contributed by atoms with Crippen LogP contribution in [-0.2, 0) is 9.53 Å². The largest absolute Gasteiger partial charge is 0.507 e. The number of fused-ring (bicyclic) bond motifs is 4. The van der Waals surface area contributed by atoms with Crippen LogP contribution in [0.5, 0.6) is 5.75 Å². The minimum absolute atomic E-state index is 0.0154. The molecule has 148 valence electrons. The number of benzene rings is 1. The number of aromatic hydroxyl groups is 1. The van der Waals surface area contributed by atoms with Gasteiger partial charge in [0.05, 0.1) is 23.7 Å². The molecule has 5 rings (SSSR count). The summed E-state index contributed by atoms with van der Waals surface area (Å²) >= 11 is 0. The van der Waals surface area contributed by atoms with Gasteiger partial charge in [0.25, 0.3) is 0 Å². The summed E-state index contributed by atoms with van der Waals surface area (Å²) in [5.74, 6) is -0.936. The van der Waals surface area contributed by atoms with E-state index in [9.17, 15) is 19.5 Å². The Morgan fingerprint density at radius 2 is 1.82 bits per heavy atom. The Morgan fingerprint density at radius 1 is 1.04 bits per heavy atom. The van der Waals surface area contributed by atoms with Gasteiger partial charge in [-0.3, -0.25) is 14.4 Å². The van der Waals surface area contributed by atoms with Crippen LogP contribution in [0.25, 0.3) is 0 Å². The lowest BCUT2D eigenvalue weighted by Crippen LogP contribution is -2.50. The van der Waals surface area contributed by atoms with E-state index in [0.29, 0.717) is 11.8 Å². The summed E-state index contributed by atoms with van der Waals surface area (Å²) in [6, 6.07) is 4.57. The molecule has 0 unspecified atom stereocenters. The highest BCUT2D eigenvalue weighted by molar-refractivity contribution is 6.18. The molecule has 0 radical (unpaired) electrons. The van der Waals surface area contributed by atoms with E-state index in [4.69, 9.17) is 4.74 Å². The molecular weight excluding hydrogens is 356 g/mol. The van der Waals surface area contributed by atoms with Gasteiger partial charge in [-0.1, -0.05) is 26.0 Å². The third-order valence-corrected chi connectivity index (χ3v) is 8.05. The molecule has 0 aromatic heterocycles. The van der Waals surface area contributed by atoms with E-state index in [-0.39, 0.29) is 58.6 Å². The highest BCUT2D eigenvalue weighted by Gasteiger charge is 2.56. The lowest BCUT2D eigenvalue weighted by atomic mass is 9.65. The second-order valence-electron chi connectivity index (χ2n) is 9.66.